The minimum absolute atomic E-state index is 0.183. The van der Waals surface area contributed by atoms with Gasteiger partial charge in [0.25, 0.3) is 0 Å². The van der Waals surface area contributed by atoms with E-state index in [2.05, 4.69) is 10.6 Å². The molecular formula is C20H20N2O6S. The molecular weight excluding hydrogens is 396 g/mol. The lowest BCUT2D eigenvalue weighted by molar-refractivity contribution is -0.131. The molecule has 2 rings (SSSR count). The quantitative estimate of drug-likeness (QED) is 0.425. The Labute approximate surface area is 171 Å². The maximum absolute atomic E-state index is 12.2. The normalized spacial score (nSPS) is 10.4. The molecule has 0 saturated carbocycles. The van der Waals surface area contributed by atoms with Crippen molar-refractivity contribution in [1.29, 1.82) is 0 Å². The van der Waals surface area contributed by atoms with E-state index in [-0.39, 0.29) is 11.7 Å². The summed E-state index contributed by atoms with van der Waals surface area (Å²) in [4.78, 5) is 35.0. The molecule has 29 heavy (non-hydrogen) atoms. The second-order valence-electron chi connectivity index (χ2n) is 5.59. The Balaban J connectivity index is 1.87. The number of benzene rings is 2. The van der Waals surface area contributed by atoms with Crippen molar-refractivity contribution < 1.29 is 29.0 Å². The predicted octanol–water partition coefficient (Wildman–Crippen LogP) is 3.01. The Morgan fingerprint density at radius 3 is 2.34 bits per heavy atom. The van der Waals surface area contributed by atoms with Crippen LogP contribution in [0.5, 0.6) is 11.5 Å². The number of hydrogen-bond donors (Lipinski definition) is 3. The fourth-order valence-electron chi connectivity index (χ4n) is 2.20. The fourth-order valence-corrected chi connectivity index (χ4v) is 2.90. The Morgan fingerprint density at radius 2 is 1.72 bits per heavy atom. The third-order valence-corrected chi connectivity index (χ3v) is 4.56. The number of carbonyl (C=O) groups excluding carboxylic acids is 2. The number of carboxylic acid groups (broad SMARTS) is 1. The molecule has 2 aromatic rings. The van der Waals surface area contributed by atoms with Crippen LogP contribution < -0.4 is 20.1 Å². The summed E-state index contributed by atoms with van der Waals surface area (Å²) in [7, 11) is 3.06. The molecule has 0 heterocycles. The first kappa shape index (κ1) is 21.8. The van der Waals surface area contributed by atoms with Gasteiger partial charge in [0.1, 0.15) is 11.5 Å². The molecule has 0 bridgehead atoms. The number of hydrogen-bond acceptors (Lipinski definition) is 6. The maximum atomic E-state index is 12.2. The average molecular weight is 416 g/mol. The van der Waals surface area contributed by atoms with Crippen LogP contribution in [0.15, 0.2) is 59.5 Å². The number of carbonyl (C=O) groups is 3. The first-order valence-corrected chi connectivity index (χ1v) is 9.36. The van der Waals surface area contributed by atoms with E-state index >= 15 is 0 Å². The van der Waals surface area contributed by atoms with E-state index in [0.29, 0.717) is 22.9 Å². The monoisotopic (exact) mass is 416 g/mol. The van der Waals surface area contributed by atoms with Gasteiger partial charge in [-0.1, -0.05) is 0 Å². The highest BCUT2D eigenvalue weighted by atomic mass is 32.2. The van der Waals surface area contributed by atoms with Crippen molar-refractivity contribution in [3.63, 3.8) is 0 Å². The average Bonchev–Trinajstić information content (AvgIpc) is 2.72. The van der Waals surface area contributed by atoms with Crippen LogP contribution in [0.25, 0.3) is 0 Å². The number of rotatable bonds is 9. The van der Waals surface area contributed by atoms with Gasteiger partial charge in [-0.3, -0.25) is 9.59 Å². The summed E-state index contributed by atoms with van der Waals surface area (Å²) in [6.07, 6.45) is 1.69. The van der Waals surface area contributed by atoms with Gasteiger partial charge < -0.3 is 25.2 Å². The fraction of sp³-hybridized carbons (Fsp3) is 0.150. The molecule has 0 aliphatic heterocycles. The van der Waals surface area contributed by atoms with Crippen molar-refractivity contribution in [2.45, 2.75) is 4.90 Å². The van der Waals surface area contributed by atoms with Crippen LogP contribution in [-0.4, -0.2) is 42.9 Å². The molecule has 0 aromatic heterocycles. The standard InChI is InChI=1S/C20H20N2O6S/c1-27-14-5-8-16(17(11-14)28-2)22-19(24)12-29-15-6-3-13(4-7-15)21-18(23)9-10-20(25)26/h3-11H,12H2,1-2H3,(H,21,23)(H,22,24)(H,25,26)/b10-9+. The molecule has 0 aliphatic carbocycles. The van der Waals surface area contributed by atoms with Crippen molar-refractivity contribution in [2.24, 2.45) is 0 Å². The van der Waals surface area contributed by atoms with E-state index in [1.807, 2.05) is 0 Å². The molecule has 0 fully saturated rings. The summed E-state index contributed by atoms with van der Waals surface area (Å²) >= 11 is 1.33. The lowest BCUT2D eigenvalue weighted by Crippen LogP contribution is -2.14. The van der Waals surface area contributed by atoms with Gasteiger partial charge in [-0.2, -0.15) is 0 Å². The van der Waals surface area contributed by atoms with Crippen LogP contribution in [0.2, 0.25) is 0 Å². The number of aliphatic carboxylic acids is 1. The Kier molecular flexibility index (Phi) is 8.11. The molecule has 2 amide bonds. The second kappa shape index (κ2) is 10.8. The van der Waals surface area contributed by atoms with E-state index in [9.17, 15) is 14.4 Å². The van der Waals surface area contributed by atoms with Crippen LogP contribution in [-0.2, 0) is 14.4 Å². The number of thioether (sulfide) groups is 1. The molecule has 2 aromatic carbocycles. The lowest BCUT2D eigenvalue weighted by Gasteiger charge is -2.11. The number of anilines is 2. The molecule has 8 nitrogen and oxygen atoms in total. The van der Waals surface area contributed by atoms with Crippen molar-refractivity contribution in [3.05, 3.63) is 54.6 Å². The molecule has 152 valence electrons. The molecule has 0 unspecified atom stereocenters. The highest BCUT2D eigenvalue weighted by Crippen LogP contribution is 2.29. The first-order chi connectivity index (χ1) is 13.9. The van der Waals surface area contributed by atoms with Crippen molar-refractivity contribution >= 4 is 40.9 Å². The first-order valence-electron chi connectivity index (χ1n) is 8.38. The molecule has 9 heteroatoms. The Hall–Kier alpha value is -3.46. The van der Waals surface area contributed by atoms with Gasteiger partial charge in [-0.15, -0.1) is 11.8 Å². The van der Waals surface area contributed by atoms with E-state index in [4.69, 9.17) is 14.6 Å². The van der Waals surface area contributed by atoms with Gasteiger partial charge in [0.2, 0.25) is 11.8 Å². The van der Waals surface area contributed by atoms with Crippen molar-refractivity contribution in [2.75, 3.05) is 30.6 Å². The summed E-state index contributed by atoms with van der Waals surface area (Å²) < 4.78 is 10.4. The number of carboxylic acids is 1. The van der Waals surface area contributed by atoms with E-state index in [0.717, 1.165) is 17.0 Å². The van der Waals surface area contributed by atoms with Crippen LogP contribution in [0.3, 0.4) is 0 Å². The van der Waals surface area contributed by atoms with Gasteiger partial charge >= 0.3 is 5.97 Å². The number of methoxy groups -OCH3 is 2. The number of amides is 2. The van der Waals surface area contributed by atoms with Gasteiger partial charge in [0, 0.05) is 28.8 Å². The SMILES string of the molecule is COc1ccc(NC(=O)CSc2ccc(NC(=O)/C=C/C(=O)O)cc2)c(OC)c1. The van der Waals surface area contributed by atoms with E-state index in [1.165, 1.54) is 18.9 Å². The Morgan fingerprint density at radius 1 is 1.00 bits per heavy atom. The zero-order valence-corrected chi connectivity index (χ0v) is 16.6. The summed E-state index contributed by atoms with van der Waals surface area (Å²) in [6, 6.07) is 11.9. The minimum atomic E-state index is -1.20. The van der Waals surface area contributed by atoms with E-state index < -0.39 is 11.9 Å². The van der Waals surface area contributed by atoms with Crippen molar-refractivity contribution in [3.8, 4) is 11.5 Å². The highest BCUT2D eigenvalue weighted by Gasteiger charge is 2.09. The van der Waals surface area contributed by atoms with Crippen molar-refractivity contribution in [1.82, 2.24) is 0 Å². The van der Waals surface area contributed by atoms with Crippen LogP contribution in [0.1, 0.15) is 0 Å². The van der Waals surface area contributed by atoms with Crippen LogP contribution >= 0.6 is 11.8 Å². The van der Waals surface area contributed by atoms with E-state index in [1.54, 1.807) is 49.6 Å². The van der Waals surface area contributed by atoms with Gasteiger partial charge in [0.05, 0.1) is 25.7 Å². The minimum Gasteiger partial charge on any atom is -0.497 e. The molecule has 0 saturated heterocycles. The summed E-state index contributed by atoms with van der Waals surface area (Å²) in [5, 5.41) is 13.8. The summed E-state index contributed by atoms with van der Waals surface area (Å²) in [5.41, 5.74) is 1.06. The van der Waals surface area contributed by atoms with Crippen LogP contribution in [0, 0.1) is 0 Å². The molecule has 0 aliphatic rings. The molecule has 0 spiro atoms. The highest BCUT2D eigenvalue weighted by molar-refractivity contribution is 8.00. The number of ether oxygens (including phenoxy) is 2. The molecule has 0 atom stereocenters. The smallest absolute Gasteiger partial charge is 0.328 e. The summed E-state index contributed by atoms with van der Waals surface area (Å²) in [5.74, 6) is -0.630. The topological polar surface area (TPSA) is 114 Å². The molecule has 0 radical (unpaired) electrons. The third kappa shape index (κ3) is 7.23. The van der Waals surface area contributed by atoms with Gasteiger partial charge in [-0.05, 0) is 36.4 Å². The summed E-state index contributed by atoms with van der Waals surface area (Å²) in [6.45, 7) is 0. The third-order valence-electron chi connectivity index (χ3n) is 3.55. The predicted molar refractivity (Wildman–Crippen MR) is 111 cm³/mol. The van der Waals surface area contributed by atoms with Gasteiger partial charge in [0.15, 0.2) is 0 Å². The van der Waals surface area contributed by atoms with Gasteiger partial charge in [-0.25, -0.2) is 4.79 Å². The zero-order chi connectivity index (χ0) is 21.2. The Bertz CT molecular complexity index is 912. The number of nitrogens with one attached hydrogen (secondary N) is 2. The lowest BCUT2D eigenvalue weighted by atomic mass is 10.2. The van der Waals surface area contributed by atoms with Crippen LogP contribution in [0.4, 0.5) is 11.4 Å². The zero-order valence-electron chi connectivity index (χ0n) is 15.8. The maximum Gasteiger partial charge on any atom is 0.328 e. The largest absolute Gasteiger partial charge is 0.497 e. The molecule has 3 N–H and O–H groups in total. The second-order valence-corrected chi connectivity index (χ2v) is 6.64.